The highest BCUT2D eigenvalue weighted by atomic mass is 16.3. The lowest BCUT2D eigenvalue weighted by Gasteiger charge is -2.27. The van der Waals surface area contributed by atoms with E-state index in [0.717, 1.165) is 24.8 Å². The molecule has 0 unspecified atom stereocenters. The second-order valence-electron chi connectivity index (χ2n) is 5.69. The summed E-state index contributed by atoms with van der Waals surface area (Å²) in [7, 11) is 0. The summed E-state index contributed by atoms with van der Waals surface area (Å²) in [5.41, 5.74) is 1.19. The third-order valence-electron chi connectivity index (χ3n) is 4.19. The van der Waals surface area contributed by atoms with Gasteiger partial charge in [0.1, 0.15) is 0 Å². The number of fused-ring (bicyclic) bond motifs is 1. The Morgan fingerprint density at radius 3 is 2.87 bits per heavy atom. The highest BCUT2D eigenvalue weighted by Gasteiger charge is 2.25. The molecule has 0 spiro atoms. The Bertz CT molecular complexity index is 882. The van der Waals surface area contributed by atoms with Gasteiger partial charge >= 0.3 is 5.69 Å². The highest BCUT2D eigenvalue weighted by molar-refractivity contribution is 5.94. The summed E-state index contributed by atoms with van der Waals surface area (Å²) in [6.07, 6.45) is 2.65. The van der Waals surface area contributed by atoms with Crippen LogP contribution >= 0.6 is 0 Å². The molecule has 0 fully saturated rings. The zero-order chi connectivity index (χ0) is 16.6. The van der Waals surface area contributed by atoms with Crippen molar-refractivity contribution >= 4 is 5.91 Å². The Labute approximate surface area is 131 Å². The molecule has 7 nitrogen and oxygen atoms in total. The SMILES string of the molecule is Cc1cccc2c1CCC[C@H]2NC(=O)c1[nH]c(=O)[nH]c(=O)c1O. The number of aromatic amines is 2. The van der Waals surface area contributed by atoms with Crippen molar-refractivity contribution < 1.29 is 9.90 Å². The van der Waals surface area contributed by atoms with E-state index >= 15 is 0 Å². The fraction of sp³-hybridized carbons (Fsp3) is 0.312. The quantitative estimate of drug-likeness (QED) is 0.658. The van der Waals surface area contributed by atoms with E-state index in [0.29, 0.717) is 0 Å². The van der Waals surface area contributed by atoms with E-state index in [4.69, 9.17) is 0 Å². The minimum absolute atomic E-state index is 0.215. The molecule has 1 aromatic carbocycles. The molecular formula is C16H17N3O4. The number of rotatable bonds is 2. The average Bonchev–Trinajstić information content (AvgIpc) is 2.52. The van der Waals surface area contributed by atoms with E-state index in [9.17, 15) is 19.5 Å². The van der Waals surface area contributed by atoms with Crippen LogP contribution in [0.5, 0.6) is 5.75 Å². The molecule has 0 bridgehead atoms. The third-order valence-corrected chi connectivity index (χ3v) is 4.19. The van der Waals surface area contributed by atoms with E-state index < -0.39 is 28.6 Å². The maximum absolute atomic E-state index is 12.3. The molecule has 1 atom stereocenters. The van der Waals surface area contributed by atoms with Gasteiger partial charge in [0, 0.05) is 0 Å². The lowest BCUT2D eigenvalue weighted by atomic mass is 9.85. The zero-order valence-corrected chi connectivity index (χ0v) is 12.6. The molecular weight excluding hydrogens is 298 g/mol. The van der Waals surface area contributed by atoms with E-state index in [1.54, 1.807) is 0 Å². The standard InChI is InChI=1S/C16H17N3O4/c1-8-4-2-6-10-9(8)5-3-7-11(10)17-14(21)12-13(20)15(22)19-16(23)18-12/h2,4,6,11,20H,3,5,7H2,1H3,(H,17,21)(H2,18,19,22,23)/t11-/m1/s1. The molecule has 0 aliphatic heterocycles. The lowest BCUT2D eigenvalue weighted by molar-refractivity contribution is 0.0923. The number of aromatic hydroxyl groups is 1. The van der Waals surface area contributed by atoms with Crippen LogP contribution in [-0.4, -0.2) is 21.0 Å². The van der Waals surface area contributed by atoms with Gasteiger partial charge in [0.25, 0.3) is 11.5 Å². The van der Waals surface area contributed by atoms with Crippen molar-refractivity contribution in [3.05, 3.63) is 61.4 Å². The van der Waals surface area contributed by atoms with Crippen LogP contribution < -0.4 is 16.6 Å². The predicted octanol–water partition coefficient (Wildman–Crippen LogP) is 0.885. The molecule has 0 radical (unpaired) electrons. The van der Waals surface area contributed by atoms with Gasteiger partial charge in [-0.25, -0.2) is 4.79 Å². The second-order valence-corrected chi connectivity index (χ2v) is 5.69. The number of nitrogens with one attached hydrogen (secondary N) is 3. The summed E-state index contributed by atoms with van der Waals surface area (Å²) in [6, 6.07) is 5.72. The van der Waals surface area contributed by atoms with Crippen LogP contribution in [-0.2, 0) is 6.42 Å². The molecule has 0 saturated carbocycles. The first-order valence-electron chi connectivity index (χ1n) is 7.42. The first-order chi connectivity index (χ1) is 11.0. The Kier molecular flexibility index (Phi) is 3.77. The number of hydrogen-bond acceptors (Lipinski definition) is 4. The largest absolute Gasteiger partial charge is 0.501 e. The van der Waals surface area contributed by atoms with Gasteiger partial charge in [0.05, 0.1) is 6.04 Å². The monoisotopic (exact) mass is 315 g/mol. The maximum Gasteiger partial charge on any atom is 0.326 e. The van der Waals surface area contributed by atoms with Gasteiger partial charge in [0.2, 0.25) is 5.75 Å². The highest BCUT2D eigenvalue weighted by Crippen LogP contribution is 2.31. The Hall–Kier alpha value is -2.83. The normalized spacial score (nSPS) is 16.7. The molecule has 1 aliphatic rings. The van der Waals surface area contributed by atoms with Crippen LogP contribution in [0.2, 0.25) is 0 Å². The van der Waals surface area contributed by atoms with Crippen molar-refractivity contribution in [2.75, 3.05) is 0 Å². The van der Waals surface area contributed by atoms with Gasteiger partial charge in [0.15, 0.2) is 5.69 Å². The van der Waals surface area contributed by atoms with Crippen LogP contribution in [0.15, 0.2) is 27.8 Å². The van der Waals surface area contributed by atoms with Crippen molar-refractivity contribution in [3.8, 4) is 5.75 Å². The summed E-state index contributed by atoms with van der Waals surface area (Å²) >= 11 is 0. The molecule has 1 heterocycles. The number of benzene rings is 1. The average molecular weight is 315 g/mol. The molecule has 2 aromatic rings. The zero-order valence-electron chi connectivity index (χ0n) is 12.6. The van der Waals surface area contributed by atoms with Crippen molar-refractivity contribution in [2.24, 2.45) is 0 Å². The predicted molar refractivity (Wildman–Crippen MR) is 83.7 cm³/mol. The molecule has 3 rings (SSSR count). The van der Waals surface area contributed by atoms with Crippen LogP contribution in [0, 0.1) is 6.92 Å². The molecule has 7 heteroatoms. The second kappa shape index (κ2) is 5.75. The fourth-order valence-electron chi connectivity index (χ4n) is 3.06. The Balaban J connectivity index is 1.93. The number of aromatic nitrogens is 2. The van der Waals surface area contributed by atoms with Gasteiger partial charge in [-0.2, -0.15) is 0 Å². The minimum atomic E-state index is -0.987. The summed E-state index contributed by atoms with van der Waals surface area (Å²) < 4.78 is 0. The number of hydrogen-bond donors (Lipinski definition) is 4. The number of amides is 1. The first kappa shape index (κ1) is 15.1. The molecule has 4 N–H and O–H groups in total. The topological polar surface area (TPSA) is 115 Å². The molecule has 1 aromatic heterocycles. The minimum Gasteiger partial charge on any atom is -0.501 e. The van der Waals surface area contributed by atoms with Crippen LogP contribution in [0.1, 0.15) is 46.1 Å². The van der Waals surface area contributed by atoms with Crippen LogP contribution in [0.3, 0.4) is 0 Å². The van der Waals surface area contributed by atoms with Crippen molar-refractivity contribution in [1.82, 2.24) is 15.3 Å². The molecule has 0 saturated heterocycles. The Morgan fingerprint density at radius 2 is 2.09 bits per heavy atom. The van der Waals surface area contributed by atoms with Crippen molar-refractivity contribution in [3.63, 3.8) is 0 Å². The number of aryl methyl sites for hydroxylation is 1. The fourth-order valence-corrected chi connectivity index (χ4v) is 3.06. The molecule has 1 amide bonds. The third kappa shape index (κ3) is 2.77. The lowest BCUT2D eigenvalue weighted by Crippen LogP contribution is -2.35. The maximum atomic E-state index is 12.3. The van der Waals surface area contributed by atoms with Crippen molar-refractivity contribution in [2.45, 2.75) is 32.2 Å². The van der Waals surface area contributed by atoms with Gasteiger partial charge in [-0.1, -0.05) is 18.2 Å². The summed E-state index contributed by atoms with van der Waals surface area (Å²) in [6.45, 7) is 2.03. The molecule has 120 valence electrons. The van der Waals surface area contributed by atoms with Crippen LogP contribution in [0.25, 0.3) is 0 Å². The summed E-state index contributed by atoms with van der Waals surface area (Å²) in [5.74, 6) is -1.47. The van der Waals surface area contributed by atoms with Gasteiger partial charge in [-0.05, 0) is 42.9 Å². The van der Waals surface area contributed by atoms with Crippen molar-refractivity contribution in [1.29, 1.82) is 0 Å². The van der Waals surface area contributed by atoms with E-state index in [2.05, 4.69) is 10.3 Å². The molecule has 23 heavy (non-hydrogen) atoms. The summed E-state index contributed by atoms with van der Waals surface area (Å²) in [4.78, 5) is 39.1. The van der Waals surface area contributed by atoms with Gasteiger partial charge < -0.3 is 10.4 Å². The summed E-state index contributed by atoms with van der Waals surface area (Å²) in [5, 5.41) is 12.5. The van der Waals surface area contributed by atoms with E-state index in [1.165, 1.54) is 11.1 Å². The van der Waals surface area contributed by atoms with Gasteiger partial charge in [-0.3, -0.25) is 19.6 Å². The van der Waals surface area contributed by atoms with E-state index in [1.807, 2.05) is 30.1 Å². The number of carbonyl (C=O) groups excluding carboxylic acids is 1. The molecule has 1 aliphatic carbocycles. The van der Waals surface area contributed by atoms with Gasteiger partial charge in [-0.15, -0.1) is 0 Å². The van der Waals surface area contributed by atoms with E-state index in [-0.39, 0.29) is 6.04 Å². The number of carbonyl (C=O) groups is 1. The smallest absolute Gasteiger partial charge is 0.326 e. The number of H-pyrrole nitrogens is 2. The Morgan fingerprint density at radius 1 is 1.30 bits per heavy atom. The van der Waals surface area contributed by atoms with Crippen LogP contribution in [0.4, 0.5) is 0 Å². The first-order valence-corrected chi connectivity index (χ1v) is 7.42.